The van der Waals surface area contributed by atoms with Crippen molar-refractivity contribution in [3.05, 3.63) is 32.6 Å². The van der Waals surface area contributed by atoms with Gasteiger partial charge in [-0.1, -0.05) is 0 Å². The van der Waals surface area contributed by atoms with Gasteiger partial charge in [-0.3, -0.25) is 14.6 Å². The Labute approximate surface area is 111 Å². The van der Waals surface area contributed by atoms with Crippen molar-refractivity contribution in [1.29, 1.82) is 0 Å². The normalized spacial score (nSPS) is 11.8. The quantitative estimate of drug-likeness (QED) is 0.530. The maximum atomic E-state index is 11.7. The second-order valence-electron chi connectivity index (χ2n) is 3.63. The fourth-order valence-corrected chi connectivity index (χ4v) is 1.78. The van der Waals surface area contributed by atoms with E-state index >= 15 is 0 Å². The molecule has 1 rings (SSSR count). The zero-order chi connectivity index (χ0) is 14.4. The van der Waals surface area contributed by atoms with E-state index in [1.807, 2.05) is 11.2 Å². The van der Waals surface area contributed by atoms with Crippen molar-refractivity contribution in [1.82, 2.24) is 15.3 Å². The molecule has 104 valence electrons. The van der Waals surface area contributed by atoms with Crippen molar-refractivity contribution in [2.24, 2.45) is 0 Å². The Bertz CT molecular complexity index is 579. The Hall–Kier alpha value is -2.03. The largest absolute Gasteiger partial charge is 0.480 e. The van der Waals surface area contributed by atoms with Crippen LogP contribution in [-0.2, 0) is 4.79 Å². The first kappa shape index (κ1) is 15.0. The molecule has 0 saturated carbocycles. The Balaban J connectivity index is 2.84. The van der Waals surface area contributed by atoms with Crippen LogP contribution >= 0.6 is 11.8 Å². The number of carboxylic acids is 1. The van der Waals surface area contributed by atoms with Crippen LogP contribution in [0.25, 0.3) is 0 Å². The van der Waals surface area contributed by atoms with E-state index in [1.54, 1.807) is 0 Å². The number of hydrogen-bond acceptors (Lipinski definition) is 5. The van der Waals surface area contributed by atoms with Gasteiger partial charge in [0, 0.05) is 6.20 Å². The number of carbonyl (C=O) groups is 2. The predicted octanol–water partition coefficient (Wildman–Crippen LogP) is -1.00. The van der Waals surface area contributed by atoms with Crippen molar-refractivity contribution in [2.75, 3.05) is 12.0 Å². The Morgan fingerprint density at radius 2 is 2.16 bits per heavy atom. The maximum Gasteiger partial charge on any atom is 0.326 e. The monoisotopic (exact) mass is 287 g/mol. The summed E-state index contributed by atoms with van der Waals surface area (Å²) in [6.07, 6.45) is 3.00. The molecule has 1 aromatic heterocycles. The first-order valence-electron chi connectivity index (χ1n) is 5.30. The Morgan fingerprint density at radius 1 is 1.47 bits per heavy atom. The third kappa shape index (κ3) is 4.28. The van der Waals surface area contributed by atoms with E-state index in [0.717, 1.165) is 6.20 Å². The highest BCUT2D eigenvalue weighted by atomic mass is 32.2. The van der Waals surface area contributed by atoms with Crippen molar-refractivity contribution in [3.63, 3.8) is 0 Å². The third-order valence-electron chi connectivity index (χ3n) is 2.28. The second-order valence-corrected chi connectivity index (χ2v) is 4.62. The SMILES string of the molecule is CSCC[C@H](NC(=O)c1c[nH]c(=O)[nH]c1=O)C(=O)O. The number of rotatable bonds is 6. The lowest BCUT2D eigenvalue weighted by Gasteiger charge is -2.13. The zero-order valence-corrected chi connectivity index (χ0v) is 10.9. The number of aromatic nitrogens is 2. The van der Waals surface area contributed by atoms with Crippen LogP contribution in [0, 0.1) is 0 Å². The zero-order valence-electron chi connectivity index (χ0n) is 10.1. The number of amides is 1. The average molecular weight is 287 g/mol. The molecule has 19 heavy (non-hydrogen) atoms. The number of nitrogens with one attached hydrogen (secondary N) is 3. The number of aromatic amines is 2. The standard InChI is InChI=1S/C10H13N3O5S/c1-19-3-2-6(9(16)17)12-7(14)5-4-11-10(18)13-8(5)15/h4,6H,2-3H2,1H3,(H,12,14)(H,16,17)(H2,11,13,15,18)/t6-/m0/s1. The fraction of sp³-hybridized carbons (Fsp3) is 0.400. The van der Waals surface area contributed by atoms with Crippen molar-refractivity contribution in [2.45, 2.75) is 12.5 Å². The summed E-state index contributed by atoms with van der Waals surface area (Å²) in [6.45, 7) is 0. The molecule has 8 nitrogen and oxygen atoms in total. The number of aliphatic carboxylic acids is 1. The number of hydrogen-bond donors (Lipinski definition) is 4. The van der Waals surface area contributed by atoms with Crippen LogP contribution in [0.3, 0.4) is 0 Å². The minimum atomic E-state index is -1.18. The molecular formula is C10H13N3O5S. The van der Waals surface area contributed by atoms with Crippen LogP contribution in [0.1, 0.15) is 16.8 Å². The molecular weight excluding hydrogens is 274 g/mol. The van der Waals surface area contributed by atoms with Gasteiger partial charge in [-0.15, -0.1) is 0 Å². The van der Waals surface area contributed by atoms with Crippen LogP contribution in [0.15, 0.2) is 15.8 Å². The number of carbonyl (C=O) groups excluding carboxylic acids is 1. The van der Waals surface area contributed by atoms with Crippen LogP contribution in [0.2, 0.25) is 0 Å². The molecule has 0 spiro atoms. The van der Waals surface area contributed by atoms with Gasteiger partial charge in [0.2, 0.25) is 0 Å². The molecule has 1 heterocycles. The molecule has 0 saturated heterocycles. The molecule has 0 aliphatic heterocycles. The number of carboxylic acid groups (broad SMARTS) is 1. The summed E-state index contributed by atoms with van der Waals surface area (Å²) < 4.78 is 0. The maximum absolute atomic E-state index is 11.7. The third-order valence-corrected chi connectivity index (χ3v) is 2.92. The molecule has 0 aliphatic rings. The second kappa shape index (κ2) is 6.78. The van der Waals surface area contributed by atoms with Crippen LogP contribution in [0.4, 0.5) is 0 Å². The van der Waals surface area contributed by atoms with Gasteiger partial charge in [0.15, 0.2) is 0 Å². The van der Waals surface area contributed by atoms with Gasteiger partial charge >= 0.3 is 11.7 Å². The highest BCUT2D eigenvalue weighted by Gasteiger charge is 2.21. The van der Waals surface area contributed by atoms with E-state index in [0.29, 0.717) is 5.75 Å². The summed E-state index contributed by atoms with van der Waals surface area (Å²) in [5.74, 6) is -1.46. The van der Waals surface area contributed by atoms with Crippen LogP contribution in [0.5, 0.6) is 0 Å². The average Bonchev–Trinajstić information content (AvgIpc) is 2.33. The minimum absolute atomic E-state index is 0.240. The smallest absolute Gasteiger partial charge is 0.326 e. The minimum Gasteiger partial charge on any atom is -0.480 e. The van der Waals surface area contributed by atoms with E-state index in [9.17, 15) is 19.2 Å². The summed E-state index contributed by atoms with van der Waals surface area (Å²) in [6, 6.07) is -1.08. The van der Waals surface area contributed by atoms with Crippen molar-refractivity contribution >= 4 is 23.6 Å². The van der Waals surface area contributed by atoms with E-state index < -0.39 is 29.2 Å². The summed E-state index contributed by atoms with van der Waals surface area (Å²) >= 11 is 1.45. The Kier molecular flexibility index (Phi) is 5.37. The molecule has 0 bridgehead atoms. The Morgan fingerprint density at radius 3 is 2.68 bits per heavy atom. The lowest BCUT2D eigenvalue weighted by atomic mass is 10.2. The van der Waals surface area contributed by atoms with Gasteiger partial charge in [0.05, 0.1) is 0 Å². The van der Waals surface area contributed by atoms with Crippen LogP contribution < -0.4 is 16.6 Å². The van der Waals surface area contributed by atoms with Gasteiger partial charge in [0.25, 0.3) is 11.5 Å². The van der Waals surface area contributed by atoms with E-state index in [1.165, 1.54) is 11.8 Å². The summed E-state index contributed by atoms with van der Waals surface area (Å²) in [5, 5.41) is 11.2. The first-order chi connectivity index (χ1) is 8.95. The van der Waals surface area contributed by atoms with Gasteiger partial charge in [-0.05, 0) is 18.4 Å². The lowest BCUT2D eigenvalue weighted by Crippen LogP contribution is -2.43. The summed E-state index contributed by atoms with van der Waals surface area (Å²) in [5.41, 5.74) is -1.94. The summed E-state index contributed by atoms with van der Waals surface area (Å²) in [7, 11) is 0. The highest BCUT2D eigenvalue weighted by Crippen LogP contribution is 2.01. The lowest BCUT2D eigenvalue weighted by molar-refractivity contribution is -0.139. The summed E-state index contributed by atoms with van der Waals surface area (Å²) in [4.78, 5) is 48.9. The van der Waals surface area contributed by atoms with E-state index in [2.05, 4.69) is 10.3 Å². The molecule has 1 aromatic rings. The molecule has 0 aliphatic carbocycles. The molecule has 0 aromatic carbocycles. The van der Waals surface area contributed by atoms with Gasteiger partial charge < -0.3 is 15.4 Å². The van der Waals surface area contributed by atoms with E-state index in [4.69, 9.17) is 5.11 Å². The molecule has 1 amide bonds. The van der Waals surface area contributed by atoms with Crippen molar-refractivity contribution < 1.29 is 14.7 Å². The highest BCUT2D eigenvalue weighted by molar-refractivity contribution is 7.98. The van der Waals surface area contributed by atoms with E-state index in [-0.39, 0.29) is 12.0 Å². The molecule has 0 radical (unpaired) electrons. The molecule has 1 atom stereocenters. The van der Waals surface area contributed by atoms with Crippen molar-refractivity contribution in [3.8, 4) is 0 Å². The molecule has 0 unspecified atom stereocenters. The number of H-pyrrole nitrogens is 2. The van der Waals surface area contributed by atoms with Gasteiger partial charge in [-0.2, -0.15) is 11.8 Å². The van der Waals surface area contributed by atoms with Gasteiger partial charge in [-0.25, -0.2) is 9.59 Å². The van der Waals surface area contributed by atoms with Gasteiger partial charge in [0.1, 0.15) is 11.6 Å². The van der Waals surface area contributed by atoms with Crippen LogP contribution in [-0.4, -0.2) is 45.0 Å². The predicted molar refractivity (Wildman–Crippen MR) is 69.6 cm³/mol. The molecule has 4 N–H and O–H groups in total. The number of thioether (sulfide) groups is 1. The topological polar surface area (TPSA) is 132 Å². The first-order valence-corrected chi connectivity index (χ1v) is 6.69. The molecule has 9 heteroatoms. The fourth-order valence-electron chi connectivity index (χ4n) is 1.31. The molecule has 0 fully saturated rings.